The minimum Gasteiger partial charge on any atom is -0.435 e. The zero-order valence-electron chi connectivity index (χ0n) is 9.12. The molecule has 94 valence electrons. The minimum absolute atomic E-state index is 0.0310. The quantitative estimate of drug-likeness (QED) is 0.830. The summed E-state index contributed by atoms with van der Waals surface area (Å²) in [5.41, 5.74) is 0.527. The van der Waals surface area contributed by atoms with Gasteiger partial charge in [0, 0.05) is 6.54 Å². The van der Waals surface area contributed by atoms with Crippen LogP contribution in [-0.2, 0) is 4.79 Å². The van der Waals surface area contributed by atoms with Crippen LogP contribution in [-0.4, -0.2) is 19.1 Å². The number of likely N-dealkylation sites (N-methyl/N-ethyl adjacent to an activating group) is 1. The first-order chi connectivity index (χ1) is 8.04. The average Bonchev–Trinajstić information content (AvgIpc) is 2.28. The van der Waals surface area contributed by atoms with E-state index in [2.05, 4.69) is 10.1 Å². The summed E-state index contributed by atoms with van der Waals surface area (Å²) in [5.74, 6) is -0.291. The Morgan fingerprint density at radius 2 is 2.00 bits per heavy atom. The lowest BCUT2D eigenvalue weighted by molar-refractivity contribution is -0.120. The molecular weight excluding hydrogens is 252 g/mol. The lowest BCUT2D eigenvalue weighted by Crippen LogP contribution is -2.26. The third kappa shape index (κ3) is 4.19. The number of hydrogen-bond donors (Lipinski definition) is 1. The van der Waals surface area contributed by atoms with Crippen LogP contribution in [0, 0.1) is 0 Å². The van der Waals surface area contributed by atoms with Gasteiger partial charge >= 0.3 is 6.61 Å². The topological polar surface area (TPSA) is 38.3 Å². The number of alkyl halides is 3. The van der Waals surface area contributed by atoms with Gasteiger partial charge in [0.05, 0.1) is 0 Å². The van der Waals surface area contributed by atoms with E-state index in [-0.39, 0.29) is 11.7 Å². The van der Waals surface area contributed by atoms with Crippen LogP contribution in [0.15, 0.2) is 24.3 Å². The fourth-order valence-electron chi connectivity index (χ4n) is 1.23. The third-order valence-electron chi connectivity index (χ3n) is 1.98. The number of nitrogens with one attached hydrogen (secondary N) is 1. The molecule has 6 heteroatoms. The zero-order chi connectivity index (χ0) is 12.8. The fourth-order valence-corrected chi connectivity index (χ4v) is 1.46. The Labute approximate surface area is 103 Å². The molecular formula is C11H12ClF2NO2. The predicted molar refractivity (Wildman–Crippen MR) is 60.4 cm³/mol. The molecule has 0 saturated carbocycles. The maximum atomic E-state index is 11.9. The summed E-state index contributed by atoms with van der Waals surface area (Å²) < 4.78 is 28.0. The van der Waals surface area contributed by atoms with Crippen LogP contribution in [0.5, 0.6) is 5.75 Å². The highest BCUT2D eigenvalue weighted by atomic mass is 35.5. The molecule has 0 spiro atoms. The first-order valence-corrected chi connectivity index (χ1v) is 5.44. The van der Waals surface area contributed by atoms with Gasteiger partial charge in [-0.3, -0.25) is 4.79 Å². The molecule has 0 aliphatic heterocycles. The highest BCUT2D eigenvalue weighted by Gasteiger charge is 2.16. The van der Waals surface area contributed by atoms with Crippen molar-refractivity contribution in [1.82, 2.24) is 5.32 Å². The van der Waals surface area contributed by atoms with Crippen LogP contribution in [0.3, 0.4) is 0 Å². The first-order valence-electron chi connectivity index (χ1n) is 5.01. The van der Waals surface area contributed by atoms with E-state index in [1.807, 2.05) is 0 Å². The average molecular weight is 264 g/mol. The van der Waals surface area contributed by atoms with Gasteiger partial charge < -0.3 is 10.1 Å². The van der Waals surface area contributed by atoms with E-state index in [0.717, 1.165) is 0 Å². The van der Waals surface area contributed by atoms with Gasteiger partial charge in [-0.2, -0.15) is 8.78 Å². The number of rotatable bonds is 5. The van der Waals surface area contributed by atoms with E-state index < -0.39 is 12.0 Å². The molecule has 0 radical (unpaired) electrons. The van der Waals surface area contributed by atoms with Crippen LogP contribution >= 0.6 is 11.6 Å². The number of ether oxygens (including phenoxy) is 1. The van der Waals surface area contributed by atoms with Crippen LogP contribution < -0.4 is 10.1 Å². The summed E-state index contributed by atoms with van der Waals surface area (Å²) in [6.07, 6.45) is 0. The fraction of sp³-hybridized carbons (Fsp3) is 0.364. The number of hydrogen-bond acceptors (Lipinski definition) is 2. The SMILES string of the molecule is CCNC(=O)C(Cl)c1ccc(OC(F)F)cc1. The number of carbonyl (C=O) groups excluding carboxylic acids is 1. The maximum absolute atomic E-state index is 11.9. The van der Waals surface area contributed by atoms with Gasteiger partial charge in [0.15, 0.2) is 0 Å². The second-order valence-electron chi connectivity index (χ2n) is 3.20. The molecule has 1 aromatic carbocycles. The van der Waals surface area contributed by atoms with Gasteiger partial charge in [-0.05, 0) is 24.6 Å². The van der Waals surface area contributed by atoms with Crippen molar-refractivity contribution >= 4 is 17.5 Å². The van der Waals surface area contributed by atoms with Crippen molar-refractivity contribution in [3.05, 3.63) is 29.8 Å². The number of benzene rings is 1. The highest BCUT2D eigenvalue weighted by Crippen LogP contribution is 2.23. The Morgan fingerprint density at radius 3 is 2.47 bits per heavy atom. The molecule has 0 bridgehead atoms. The van der Waals surface area contributed by atoms with Gasteiger partial charge in [-0.25, -0.2) is 0 Å². The molecule has 1 unspecified atom stereocenters. The molecule has 1 aromatic rings. The van der Waals surface area contributed by atoms with Gasteiger partial charge in [-0.1, -0.05) is 12.1 Å². The molecule has 1 N–H and O–H groups in total. The Bertz CT molecular complexity index is 370. The molecule has 1 rings (SSSR count). The summed E-state index contributed by atoms with van der Waals surface area (Å²) in [4.78, 5) is 11.4. The second kappa shape index (κ2) is 6.39. The van der Waals surface area contributed by atoms with Gasteiger partial charge in [0.1, 0.15) is 11.1 Å². The van der Waals surface area contributed by atoms with Crippen molar-refractivity contribution in [3.63, 3.8) is 0 Å². The summed E-state index contributed by atoms with van der Waals surface area (Å²) >= 11 is 5.89. The zero-order valence-corrected chi connectivity index (χ0v) is 9.88. The molecule has 1 amide bonds. The molecule has 3 nitrogen and oxygen atoms in total. The Hall–Kier alpha value is -1.36. The van der Waals surface area contributed by atoms with E-state index in [1.165, 1.54) is 24.3 Å². The van der Waals surface area contributed by atoms with Crippen molar-refractivity contribution in [3.8, 4) is 5.75 Å². The first kappa shape index (κ1) is 13.7. The van der Waals surface area contributed by atoms with Gasteiger partial charge in [0.2, 0.25) is 5.91 Å². The standard InChI is InChI=1S/C11H12ClF2NO2/c1-2-15-10(16)9(12)7-3-5-8(6-4-7)17-11(13)14/h3-6,9,11H,2H2,1H3,(H,15,16). The smallest absolute Gasteiger partial charge is 0.387 e. The molecule has 17 heavy (non-hydrogen) atoms. The Balaban J connectivity index is 2.70. The molecule has 0 saturated heterocycles. The van der Waals surface area contributed by atoms with Crippen molar-refractivity contribution in [2.24, 2.45) is 0 Å². The lowest BCUT2D eigenvalue weighted by Gasteiger charge is -2.10. The number of amides is 1. The third-order valence-corrected chi connectivity index (χ3v) is 2.43. The van der Waals surface area contributed by atoms with Crippen molar-refractivity contribution in [2.75, 3.05) is 6.54 Å². The van der Waals surface area contributed by atoms with Crippen molar-refractivity contribution < 1.29 is 18.3 Å². The van der Waals surface area contributed by atoms with E-state index in [1.54, 1.807) is 6.92 Å². The lowest BCUT2D eigenvalue weighted by atomic mass is 10.1. The molecule has 1 atom stereocenters. The Morgan fingerprint density at radius 1 is 1.41 bits per heavy atom. The molecule has 0 fully saturated rings. The van der Waals surface area contributed by atoms with Crippen LogP contribution in [0.1, 0.15) is 17.9 Å². The van der Waals surface area contributed by atoms with Gasteiger partial charge in [0.25, 0.3) is 0 Å². The molecule has 0 aliphatic carbocycles. The van der Waals surface area contributed by atoms with Crippen molar-refractivity contribution in [2.45, 2.75) is 18.9 Å². The van der Waals surface area contributed by atoms with Crippen molar-refractivity contribution in [1.29, 1.82) is 0 Å². The van der Waals surface area contributed by atoms with Crippen LogP contribution in [0.2, 0.25) is 0 Å². The second-order valence-corrected chi connectivity index (χ2v) is 3.64. The minimum atomic E-state index is -2.86. The summed E-state index contributed by atoms with van der Waals surface area (Å²) in [6, 6.07) is 5.64. The number of halogens is 3. The van der Waals surface area contributed by atoms with E-state index in [4.69, 9.17) is 11.6 Å². The molecule has 0 aromatic heterocycles. The molecule has 0 aliphatic rings. The highest BCUT2D eigenvalue weighted by molar-refractivity contribution is 6.30. The van der Waals surface area contributed by atoms with E-state index in [9.17, 15) is 13.6 Å². The summed E-state index contributed by atoms with van der Waals surface area (Å²) in [5, 5.41) is 1.73. The van der Waals surface area contributed by atoms with E-state index in [0.29, 0.717) is 12.1 Å². The normalized spacial score (nSPS) is 12.3. The number of carbonyl (C=O) groups is 1. The van der Waals surface area contributed by atoms with E-state index >= 15 is 0 Å². The Kier molecular flexibility index (Phi) is 5.15. The van der Waals surface area contributed by atoms with Crippen LogP contribution in [0.4, 0.5) is 8.78 Å². The summed E-state index contributed by atoms with van der Waals surface area (Å²) in [7, 11) is 0. The predicted octanol–water partition coefficient (Wildman–Crippen LogP) is 2.70. The monoisotopic (exact) mass is 263 g/mol. The van der Waals surface area contributed by atoms with Crippen LogP contribution in [0.25, 0.3) is 0 Å². The maximum Gasteiger partial charge on any atom is 0.387 e. The van der Waals surface area contributed by atoms with Gasteiger partial charge in [-0.15, -0.1) is 11.6 Å². The largest absolute Gasteiger partial charge is 0.435 e. The summed E-state index contributed by atoms with van der Waals surface area (Å²) in [6.45, 7) is -0.605. The molecule has 0 heterocycles.